The van der Waals surface area contributed by atoms with Crippen molar-refractivity contribution in [3.63, 3.8) is 0 Å². The van der Waals surface area contributed by atoms with Crippen molar-refractivity contribution >= 4 is 33.5 Å². The molecule has 2 aromatic carbocycles. The zero-order valence-electron chi connectivity index (χ0n) is 21.7. The fourth-order valence-corrected chi connectivity index (χ4v) is 6.33. The summed E-state index contributed by atoms with van der Waals surface area (Å²) in [5.74, 6) is -0.178. The minimum Gasteiger partial charge on any atom is -0.383 e. The molecule has 0 bridgehead atoms. The molecular formula is C29H31FN6O2. The van der Waals surface area contributed by atoms with Gasteiger partial charge in [-0.05, 0) is 55.1 Å². The van der Waals surface area contributed by atoms with Crippen LogP contribution >= 0.6 is 0 Å². The Morgan fingerprint density at radius 2 is 1.89 bits per heavy atom. The van der Waals surface area contributed by atoms with Crippen molar-refractivity contribution < 1.29 is 13.9 Å². The van der Waals surface area contributed by atoms with Crippen molar-refractivity contribution in [1.82, 2.24) is 24.6 Å². The Morgan fingerprint density at radius 3 is 2.71 bits per heavy atom. The molecule has 2 aromatic heterocycles. The monoisotopic (exact) mass is 514 g/mol. The normalized spacial score (nSPS) is 22.2. The van der Waals surface area contributed by atoms with E-state index in [2.05, 4.69) is 46.9 Å². The summed E-state index contributed by atoms with van der Waals surface area (Å²) < 4.78 is 23.1. The lowest BCUT2D eigenvalue weighted by Gasteiger charge is -2.39. The van der Waals surface area contributed by atoms with E-state index in [0.717, 1.165) is 58.9 Å². The van der Waals surface area contributed by atoms with Gasteiger partial charge in [0.1, 0.15) is 11.6 Å². The van der Waals surface area contributed by atoms with Crippen LogP contribution in [-0.2, 0) is 18.0 Å². The maximum absolute atomic E-state index is 15.4. The van der Waals surface area contributed by atoms with Gasteiger partial charge < -0.3 is 20.3 Å². The van der Waals surface area contributed by atoms with Crippen LogP contribution in [0.4, 0.5) is 10.2 Å². The van der Waals surface area contributed by atoms with Crippen LogP contribution in [0.5, 0.6) is 0 Å². The van der Waals surface area contributed by atoms with Crippen LogP contribution in [0.2, 0.25) is 0 Å². The molecule has 2 N–H and O–H groups in total. The second kappa shape index (κ2) is 8.74. The molecule has 9 heteroatoms. The fourth-order valence-electron chi connectivity index (χ4n) is 6.33. The van der Waals surface area contributed by atoms with Gasteiger partial charge in [0.2, 0.25) is 0 Å². The molecule has 2 fully saturated rings. The molecule has 196 valence electrons. The maximum atomic E-state index is 15.4. The van der Waals surface area contributed by atoms with Gasteiger partial charge in [-0.3, -0.25) is 9.48 Å². The number of pyridine rings is 1. The number of piperidine rings is 1. The van der Waals surface area contributed by atoms with Crippen LogP contribution in [0.3, 0.4) is 0 Å². The van der Waals surface area contributed by atoms with E-state index in [1.165, 1.54) is 6.07 Å². The highest BCUT2D eigenvalue weighted by molar-refractivity contribution is 6.00. The van der Waals surface area contributed by atoms with Crippen LogP contribution in [0.25, 0.3) is 21.8 Å². The number of amides is 1. The highest BCUT2D eigenvalue weighted by Gasteiger charge is 2.34. The summed E-state index contributed by atoms with van der Waals surface area (Å²) in [6, 6.07) is 9.51. The number of carbonyl (C=O) groups is 1. The highest BCUT2D eigenvalue weighted by atomic mass is 19.1. The van der Waals surface area contributed by atoms with Crippen molar-refractivity contribution in [2.75, 3.05) is 32.4 Å². The number of rotatable bonds is 3. The first-order chi connectivity index (χ1) is 18.4. The van der Waals surface area contributed by atoms with Crippen molar-refractivity contribution in [1.29, 1.82) is 0 Å². The zero-order valence-corrected chi connectivity index (χ0v) is 21.7. The summed E-state index contributed by atoms with van der Waals surface area (Å²) in [5, 5.41) is 6.58. The Labute approximate surface area is 220 Å². The lowest BCUT2D eigenvalue weighted by molar-refractivity contribution is 0.0540. The number of aromatic nitrogens is 3. The average Bonchev–Trinajstić information content (AvgIpc) is 3.53. The zero-order chi connectivity index (χ0) is 26.1. The van der Waals surface area contributed by atoms with Crippen LogP contribution in [-0.4, -0.2) is 57.2 Å². The molecule has 1 amide bonds. The van der Waals surface area contributed by atoms with Crippen molar-refractivity contribution in [3.05, 3.63) is 64.6 Å². The van der Waals surface area contributed by atoms with Crippen LogP contribution in [0, 0.1) is 11.7 Å². The average molecular weight is 515 g/mol. The summed E-state index contributed by atoms with van der Waals surface area (Å²) >= 11 is 0. The largest absolute Gasteiger partial charge is 0.383 e. The Kier molecular flexibility index (Phi) is 5.42. The molecule has 8 nitrogen and oxygen atoms in total. The molecule has 2 saturated heterocycles. The Hall–Kier alpha value is -3.56. The first-order valence-electron chi connectivity index (χ1n) is 13.3. The molecule has 4 aromatic rings. The minimum absolute atomic E-state index is 0.0697. The number of nitrogens with two attached hydrogens (primary N) is 1. The van der Waals surface area contributed by atoms with Gasteiger partial charge in [-0.1, -0.05) is 13.0 Å². The number of hydrogen-bond acceptors (Lipinski definition) is 6. The number of likely N-dealkylation sites (tertiary alicyclic amines) is 2. The van der Waals surface area contributed by atoms with E-state index in [0.29, 0.717) is 43.1 Å². The fraction of sp³-hybridized carbons (Fsp3) is 0.414. The number of nitrogens with zero attached hydrogens (tertiary/aromatic N) is 5. The molecule has 3 aliphatic rings. The number of likely N-dealkylation sites (N-methyl/N-ethyl adjacent to an activating group) is 1. The lowest BCUT2D eigenvalue weighted by Crippen LogP contribution is -2.45. The molecule has 38 heavy (non-hydrogen) atoms. The predicted octanol–water partition coefficient (Wildman–Crippen LogP) is 4.44. The van der Waals surface area contributed by atoms with Gasteiger partial charge in [0.25, 0.3) is 5.91 Å². The van der Waals surface area contributed by atoms with E-state index in [1.807, 2.05) is 11.0 Å². The molecule has 0 unspecified atom stereocenters. The Morgan fingerprint density at radius 1 is 1.08 bits per heavy atom. The third-order valence-corrected chi connectivity index (χ3v) is 8.48. The van der Waals surface area contributed by atoms with Gasteiger partial charge in [-0.2, -0.15) is 5.10 Å². The summed E-state index contributed by atoms with van der Waals surface area (Å²) in [4.78, 5) is 22.5. The Bertz CT molecular complexity index is 1590. The van der Waals surface area contributed by atoms with E-state index in [4.69, 9.17) is 15.6 Å². The molecule has 7 rings (SSSR count). The SMILES string of the molecule is C[C@@H]1CC[C@@H](c2ccc3nn(C4CN(C)C4)cc3c2)N(C(=O)c2cc3c4c(c(N)nc3cc2F)COC4)C1. The number of anilines is 1. The van der Waals surface area contributed by atoms with E-state index in [1.54, 1.807) is 6.07 Å². The first kappa shape index (κ1) is 23.5. The highest BCUT2D eigenvalue weighted by Crippen LogP contribution is 2.38. The number of hydrogen-bond donors (Lipinski definition) is 1. The first-order valence-corrected chi connectivity index (χ1v) is 13.3. The molecule has 0 radical (unpaired) electrons. The second-order valence-corrected chi connectivity index (χ2v) is 11.3. The number of halogens is 1. The quantitative estimate of drug-likeness (QED) is 0.435. The number of ether oxygens (including phenoxy) is 1. The molecule has 0 spiro atoms. The van der Waals surface area contributed by atoms with Crippen LogP contribution < -0.4 is 5.73 Å². The van der Waals surface area contributed by atoms with Crippen LogP contribution in [0.15, 0.2) is 36.5 Å². The van der Waals surface area contributed by atoms with E-state index in [9.17, 15) is 4.79 Å². The standard InChI is InChI=1S/C29H31FN6O2/c1-16-3-6-27(17-4-5-25-18(7-17)11-36(33-25)19-12-34(2)13-19)35(10-16)29(37)21-8-20-22-14-38-15-23(22)28(31)32-26(20)9-24(21)30/h4-5,7-9,11,16,19,27H,3,6,10,12-15H2,1-2H3,(H2,31,32)/t16-,27+/m1/s1. The number of nitrogen functional groups attached to an aromatic ring is 1. The summed E-state index contributed by atoms with van der Waals surface area (Å²) in [5.41, 5.74) is 10.3. The van der Waals surface area contributed by atoms with Crippen molar-refractivity contribution in [2.45, 2.75) is 45.1 Å². The van der Waals surface area contributed by atoms with E-state index < -0.39 is 5.82 Å². The third kappa shape index (κ3) is 3.75. The van der Waals surface area contributed by atoms with Crippen molar-refractivity contribution in [3.8, 4) is 0 Å². The van der Waals surface area contributed by atoms with Gasteiger partial charge in [0.05, 0.1) is 41.9 Å². The number of benzene rings is 2. The van der Waals surface area contributed by atoms with Gasteiger partial charge in [-0.25, -0.2) is 9.37 Å². The minimum atomic E-state index is -0.576. The molecule has 2 atom stereocenters. The van der Waals surface area contributed by atoms with Gasteiger partial charge in [0, 0.05) is 48.2 Å². The maximum Gasteiger partial charge on any atom is 0.257 e. The topological polar surface area (TPSA) is 89.5 Å². The van der Waals surface area contributed by atoms with E-state index >= 15 is 4.39 Å². The Balaban J connectivity index is 1.25. The molecule has 0 aliphatic carbocycles. The predicted molar refractivity (Wildman–Crippen MR) is 143 cm³/mol. The third-order valence-electron chi connectivity index (χ3n) is 8.48. The molecule has 3 aliphatic heterocycles. The van der Waals surface area contributed by atoms with Gasteiger partial charge >= 0.3 is 0 Å². The number of fused-ring (bicyclic) bond motifs is 4. The lowest BCUT2D eigenvalue weighted by atomic mass is 9.88. The molecular weight excluding hydrogens is 483 g/mol. The van der Waals surface area contributed by atoms with E-state index in [-0.39, 0.29) is 17.5 Å². The molecule has 5 heterocycles. The summed E-state index contributed by atoms with van der Waals surface area (Å²) in [7, 11) is 2.11. The number of carbonyl (C=O) groups excluding carboxylic acids is 1. The molecule has 0 saturated carbocycles. The smallest absolute Gasteiger partial charge is 0.257 e. The van der Waals surface area contributed by atoms with Crippen molar-refractivity contribution in [2.24, 2.45) is 5.92 Å². The summed E-state index contributed by atoms with van der Waals surface area (Å²) in [6.07, 6.45) is 3.95. The summed E-state index contributed by atoms with van der Waals surface area (Å²) in [6.45, 7) is 5.48. The van der Waals surface area contributed by atoms with Gasteiger partial charge in [0.15, 0.2) is 0 Å². The van der Waals surface area contributed by atoms with Gasteiger partial charge in [-0.15, -0.1) is 0 Å². The second-order valence-electron chi connectivity index (χ2n) is 11.3. The van der Waals surface area contributed by atoms with Crippen LogP contribution in [0.1, 0.15) is 58.9 Å².